The highest BCUT2D eigenvalue weighted by Gasteiger charge is 2.15. The molecule has 1 amide bonds. The molecule has 0 bridgehead atoms. The van der Waals surface area contributed by atoms with Gasteiger partial charge in [-0.05, 0) is 31.9 Å². The number of hydrogen-bond acceptors (Lipinski definition) is 3. The lowest BCUT2D eigenvalue weighted by molar-refractivity contribution is 0.0930. The highest BCUT2D eigenvalue weighted by molar-refractivity contribution is 7.09. The van der Waals surface area contributed by atoms with Crippen LogP contribution in [0.15, 0.2) is 29.6 Å². The quantitative estimate of drug-likeness (QED) is 0.865. The molecule has 1 fully saturated rings. The molecule has 1 aliphatic rings. The van der Waals surface area contributed by atoms with Crippen LogP contribution < -0.4 is 5.32 Å². The molecule has 0 radical (unpaired) electrons. The monoisotopic (exact) mass is 328 g/mol. The van der Waals surface area contributed by atoms with Crippen molar-refractivity contribution in [3.05, 3.63) is 40.2 Å². The molecule has 0 aliphatic heterocycles. The van der Waals surface area contributed by atoms with E-state index in [2.05, 4.69) is 15.7 Å². The first kappa shape index (κ1) is 16.2. The second-order valence-electron chi connectivity index (χ2n) is 6.34. The van der Waals surface area contributed by atoms with Crippen molar-refractivity contribution in [2.45, 2.75) is 57.9 Å². The molecule has 4 heteroatoms. The Hall–Kier alpha value is -1.68. The predicted molar refractivity (Wildman–Crippen MR) is 95.9 cm³/mol. The normalized spacial score (nSPS) is 16.6. The van der Waals surface area contributed by atoms with Crippen molar-refractivity contribution in [3.8, 4) is 11.3 Å². The van der Waals surface area contributed by atoms with E-state index in [-0.39, 0.29) is 5.91 Å². The van der Waals surface area contributed by atoms with Gasteiger partial charge in [0.2, 0.25) is 0 Å². The first-order valence-electron chi connectivity index (χ1n) is 8.56. The lowest BCUT2D eigenvalue weighted by atomic mass is 9.96. The average molecular weight is 328 g/mol. The van der Waals surface area contributed by atoms with Crippen molar-refractivity contribution in [3.63, 3.8) is 0 Å². The zero-order chi connectivity index (χ0) is 16.1. The fraction of sp³-hybridized carbons (Fsp3) is 0.474. The van der Waals surface area contributed by atoms with Gasteiger partial charge in [-0.1, -0.05) is 44.2 Å². The molecule has 0 spiro atoms. The van der Waals surface area contributed by atoms with E-state index < -0.39 is 0 Å². The number of nitrogens with zero attached hydrogens (tertiary/aromatic N) is 1. The number of aryl methyl sites for hydroxylation is 1. The van der Waals surface area contributed by atoms with E-state index in [4.69, 9.17) is 0 Å². The van der Waals surface area contributed by atoms with Crippen LogP contribution in [0.25, 0.3) is 11.3 Å². The van der Waals surface area contributed by atoms with E-state index in [1.807, 2.05) is 31.2 Å². The summed E-state index contributed by atoms with van der Waals surface area (Å²) in [5, 5.41) is 6.33. The van der Waals surface area contributed by atoms with Crippen molar-refractivity contribution in [1.29, 1.82) is 0 Å². The van der Waals surface area contributed by atoms with Crippen LogP contribution in [0.4, 0.5) is 0 Å². The molecular weight excluding hydrogens is 304 g/mol. The Morgan fingerprint density at radius 1 is 1.09 bits per heavy atom. The third-order valence-electron chi connectivity index (χ3n) is 4.50. The van der Waals surface area contributed by atoms with Gasteiger partial charge < -0.3 is 5.32 Å². The van der Waals surface area contributed by atoms with Gasteiger partial charge in [-0.15, -0.1) is 11.3 Å². The second kappa shape index (κ2) is 7.73. The lowest BCUT2D eigenvalue weighted by Gasteiger charge is -2.21. The third-order valence-corrected chi connectivity index (χ3v) is 5.28. The Morgan fingerprint density at radius 2 is 1.74 bits per heavy atom. The van der Waals surface area contributed by atoms with Gasteiger partial charge >= 0.3 is 0 Å². The van der Waals surface area contributed by atoms with Crippen LogP contribution in [-0.4, -0.2) is 16.9 Å². The van der Waals surface area contributed by atoms with Crippen molar-refractivity contribution in [2.24, 2.45) is 0 Å². The zero-order valence-corrected chi connectivity index (χ0v) is 14.5. The Bertz CT molecular complexity index is 640. The number of aromatic nitrogens is 1. The summed E-state index contributed by atoms with van der Waals surface area (Å²) >= 11 is 1.65. The van der Waals surface area contributed by atoms with Gasteiger partial charge in [0.05, 0.1) is 10.7 Å². The summed E-state index contributed by atoms with van der Waals surface area (Å²) in [5.74, 6) is 0.0524. The van der Waals surface area contributed by atoms with E-state index in [9.17, 15) is 4.79 Å². The van der Waals surface area contributed by atoms with Gasteiger partial charge in [0.15, 0.2) is 0 Å². The summed E-state index contributed by atoms with van der Waals surface area (Å²) in [6, 6.07) is 8.12. The van der Waals surface area contributed by atoms with Gasteiger partial charge in [-0.2, -0.15) is 0 Å². The van der Waals surface area contributed by atoms with Gasteiger partial charge in [-0.25, -0.2) is 4.98 Å². The molecular formula is C19H24N2OS. The van der Waals surface area contributed by atoms with E-state index in [0.29, 0.717) is 6.04 Å². The minimum atomic E-state index is 0.0524. The number of amides is 1. The summed E-state index contributed by atoms with van der Waals surface area (Å²) in [6.45, 7) is 2.00. The molecule has 1 heterocycles. The Balaban J connectivity index is 1.63. The number of nitrogens with one attached hydrogen (secondary N) is 1. The minimum Gasteiger partial charge on any atom is -0.349 e. The molecule has 0 unspecified atom stereocenters. The van der Waals surface area contributed by atoms with Crippen LogP contribution >= 0.6 is 11.3 Å². The molecule has 122 valence electrons. The smallest absolute Gasteiger partial charge is 0.251 e. The second-order valence-corrected chi connectivity index (χ2v) is 7.41. The maximum atomic E-state index is 12.4. The van der Waals surface area contributed by atoms with Gasteiger partial charge in [0.25, 0.3) is 5.91 Å². The molecule has 3 nitrogen and oxygen atoms in total. The minimum absolute atomic E-state index is 0.0524. The van der Waals surface area contributed by atoms with Crippen LogP contribution in [0.5, 0.6) is 0 Å². The van der Waals surface area contributed by atoms with Gasteiger partial charge in [0, 0.05) is 22.5 Å². The summed E-state index contributed by atoms with van der Waals surface area (Å²) < 4.78 is 0. The summed E-state index contributed by atoms with van der Waals surface area (Å²) in [6.07, 6.45) is 8.63. The SMILES string of the molecule is Cc1nc(-c2ccc(C(=O)NC3CCCCCCC3)cc2)cs1. The molecule has 3 rings (SSSR count). The predicted octanol–water partition coefficient (Wildman–Crippen LogP) is 4.96. The summed E-state index contributed by atoms with van der Waals surface area (Å²) in [7, 11) is 0. The number of rotatable bonds is 3. The molecule has 1 saturated carbocycles. The maximum Gasteiger partial charge on any atom is 0.251 e. The number of hydrogen-bond donors (Lipinski definition) is 1. The van der Waals surface area contributed by atoms with Crippen molar-refractivity contribution in [2.75, 3.05) is 0 Å². The Kier molecular flexibility index (Phi) is 5.44. The first-order valence-corrected chi connectivity index (χ1v) is 9.44. The molecule has 0 atom stereocenters. The Morgan fingerprint density at radius 3 is 2.35 bits per heavy atom. The molecule has 0 saturated heterocycles. The van der Waals surface area contributed by atoms with E-state index in [0.717, 1.165) is 34.7 Å². The number of benzene rings is 1. The van der Waals surface area contributed by atoms with Crippen molar-refractivity contribution in [1.82, 2.24) is 10.3 Å². The fourth-order valence-corrected chi connectivity index (χ4v) is 3.78. The van der Waals surface area contributed by atoms with Crippen LogP contribution in [0, 0.1) is 6.92 Å². The van der Waals surface area contributed by atoms with Crippen LogP contribution in [-0.2, 0) is 0 Å². The van der Waals surface area contributed by atoms with Crippen molar-refractivity contribution < 1.29 is 4.79 Å². The third kappa shape index (κ3) is 4.41. The van der Waals surface area contributed by atoms with E-state index >= 15 is 0 Å². The van der Waals surface area contributed by atoms with E-state index in [1.54, 1.807) is 11.3 Å². The number of thiazole rings is 1. The topological polar surface area (TPSA) is 42.0 Å². The number of carbonyl (C=O) groups excluding carboxylic acids is 1. The van der Waals surface area contributed by atoms with Crippen LogP contribution in [0.2, 0.25) is 0 Å². The van der Waals surface area contributed by atoms with Crippen LogP contribution in [0.1, 0.15) is 60.3 Å². The van der Waals surface area contributed by atoms with E-state index in [1.165, 1.54) is 32.1 Å². The highest BCUT2D eigenvalue weighted by atomic mass is 32.1. The Labute approximate surface area is 142 Å². The summed E-state index contributed by atoms with van der Waals surface area (Å²) in [5.41, 5.74) is 2.79. The fourth-order valence-electron chi connectivity index (χ4n) is 3.16. The number of carbonyl (C=O) groups is 1. The molecule has 1 aromatic heterocycles. The zero-order valence-electron chi connectivity index (χ0n) is 13.7. The van der Waals surface area contributed by atoms with Gasteiger partial charge in [-0.3, -0.25) is 4.79 Å². The van der Waals surface area contributed by atoms with Gasteiger partial charge in [0.1, 0.15) is 0 Å². The first-order chi connectivity index (χ1) is 11.2. The average Bonchev–Trinajstić information content (AvgIpc) is 2.96. The molecule has 23 heavy (non-hydrogen) atoms. The highest BCUT2D eigenvalue weighted by Crippen LogP contribution is 2.22. The van der Waals surface area contributed by atoms with Crippen molar-refractivity contribution >= 4 is 17.2 Å². The molecule has 1 N–H and O–H groups in total. The molecule has 1 aromatic carbocycles. The largest absolute Gasteiger partial charge is 0.349 e. The maximum absolute atomic E-state index is 12.4. The molecule has 2 aromatic rings. The molecule has 1 aliphatic carbocycles. The lowest BCUT2D eigenvalue weighted by Crippen LogP contribution is -2.35. The summed E-state index contributed by atoms with van der Waals surface area (Å²) in [4.78, 5) is 16.9. The standard InChI is InChI=1S/C19H24N2OS/c1-14-20-18(13-23-14)15-9-11-16(12-10-15)19(22)21-17-7-5-3-2-4-6-8-17/h9-13,17H,2-8H2,1H3,(H,21,22). The van der Waals surface area contributed by atoms with Crippen LogP contribution in [0.3, 0.4) is 0 Å².